The quantitative estimate of drug-likeness (QED) is 0.370. The number of allylic oxidation sites excluding steroid dienone is 1. The number of carbonyl (C=O) groups is 3. The number of aliphatic carboxylic acids is 1. The molecule has 2 aromatic rings. The highest BCUT2D eigenvalue weighted by atomic mass is 32.1. The van der Waals surface area contributed by atoms with Crippen molar-refractivity contribution in [3.63, 3.8) is 0 Å². The Morgan fingerprint density at radius 2 is 1.97 bits per heavy atom. The lowest BCUT2D eigenvalue weighted by Gasteiger charge is -2.50. The normalized spacial score (nSPS) is 19.9. The Hall–Kier alpha value is -3.80. The van der Waals surface area contributed by atoms with E-state index in [2.05, 4.69) is 10.3 Å². The van der Waals surface area contributed by atoms with Crippen molar-refractivity contribution in [3.05, 3.63) is 51.2 Å². The summed E-state index contributed by atoms with van der Waals surface area (Å²) in [6.45, 7) is 5.12. The largest absolute Gasteiger partial charge is 0.477 e. The van der Waals surface area contributed by atoms with Crippen molar-refractivity contribution in [2.45, 2.75) is 51.3 Å². The van der Waals surface area contributed by atoms with Gasteiger partial charge in [0, 0.05) is 28.6 Å². The van der Waals surface area contributed by atoms with Crippen molar-refractivity contribution in [1.29, 1.82) is 0 Å². The van der Waals surface area contributed by atoms with Crippen molar-refractivity contribution < 1.29 is 29.2 Å². The molecule has 0 unspecified atom stereocenters. The fourth-order valence-corrected chi connectivity index (χ4v) is 4.86. The van der Waals surface area contributed by atoms with Crippen molar-refractivity contribution in [1.82, 2.24) is 15.2 Å². The van der Waals surface area contributed by atoms with Crippen molar-refractivity contribution >= 4 is 40.6 Å². The summed E-state index contributed by atoms with van der Waals surface area (Å²) < 4.78 is 5.21. The summed E-state index contributed by atoms with van der Waals surface area (Å²) in [5, 5.41) is 25.6. The highest BCUT2D eigenvalue weighted by Gasteiger charge is 2.54. The van der Waals surface area contributed by atoms with E-state index in [-0.39, 0.29) is 11.4 Å². The van der Waals surface area contributed by atoms with Crippen LogP contribution in [0.4, 0.5) is 10.5 Å². The van der Waals surface area contributed by atoms with Crippen LogP contribution in [0.25, 0.3) is 16.1 Å². The molecule has 11 nitrogen and oxygen atoms in total. The average molecular weight is 487 g/mol. The molecule has 2 N–H and O–H groups in total. The Bertz CT molecular complexity index is 1210. The number of non-ortho nitro benzene ring substituents is 1. The zero-order valence-electron chi connectivity index (χ0n) is 18.6. The van der Waals surface area contributed by atoms with Crippen LogP contribution in [0, 0.1) is 10.1 Å². The van der Waals surface area contributed by atoms with Crippen molar-refractivity contribution in [2.75, 3.05) is 0 Å². The molecule has 3 heterocycles. The SMILES string of the molecule is CC(C)(C)OC(=O)N[C@@H]1C(=O)N2C(C(=O)O)=C(c3csc(-c4ccc([N+](=O)[O-])cc4)n3)CC[C@H]12. The van der Waals surface area contributed by atoms with Gasteiger partial charge in [0.15, 0.2) is 0 Å². The van der Waals surface area contributed by atoms with E-state index in [1.54, 1.807) is 38.3 Å². The van der Waals surface area contributed by atoms with Crippen LogP contribution in [-0.2, 0) is 14.3 Å². The first kappa shape index (κ1) is 23.4. The third kappa shape index (κ3) is 4.36. The van der Waals surface area contributed by atoms with Crippen LogP contribution in [0.5, 0.6) is 0 Å². The molecule has 12 heteroatoms. The molecular formula is C22H22N4O7S. The fraction of sp³-hybridized carbons (Fsp3) is 0.364. The minimum absolute atomic E-state index is 0.0411. The number of nitro benzene ring substituents is 1. The molecule has 2 aliphatic heterocycles. The zero-order valence-corrected chi connectivity index (χ0v) is 19.4. The van der Waals surface area contributed by atoms with Crippen LogP contribution in [0.2, 0.25) is 0 Å². The highest BCUT2D eigenvalue weighted by molar-refractivity contribution is 7.13. The number of amides is 2. The molecule has 0 spiro atoms. The number of nitrogens with one attached hydrogen (secondary N) is 1. The summed E-state index contributed by atoms with van der Waals surface area (Å²) in [7, 11) is 0. The molecule has 1 aromatic carbocycles. The van der Waals surface area contributed by atoms with Crippen LogP contribution < -0.4 is 5.32 Å². The Balaban J connectivity index is 1.57. The molecule has 178 valence electrons. The monoisotopic (exact) mass is 486 g/mol. The summed E-state index contributed by atoms with van der Waals surface area (Å²) in [5.41, 5.74) is 0.607. The van der Waals surface area contributed by atoms with E-state index in [4.69, 9.17) is 4.74 Å². The number of rotatable bonds is 5. The maximum Gasteiger partial charge on any atom is 0.408 e. The van der Waals surface area contributed by atoms with Gasteiger partial charge in [0.1, 0.15) is 22.3 Å². The van der Waals surface area contributed by atoms with Crippen LogP contribution in [0.15, 0.2) is 35.3 Å². The number of alkyl carbamates (subject to hydrolysis) is 1. The van der Waals surface area contributed by atoms with Crippen LogP contribution in [0.1, 0.15) is 39.3 Å². The van der Waals surface area contributed by atoms with Gasteiger partial charge in [-0.1, -0.05) is 0 Å². The molecular weight excluding hydrogens is 464 g/mol. The number of β-lactam (4-membered cyclic amide) rings is 1. The molecule has 2 atom stereocenters. The van der Waals surface area contributed by atoms with E-state index < -0.39 is 40.6 Å². The smallest absolute Gasteiger partial charge is 0.408 e. The van der Waals surface area contributed by atoms with Gasteiger partial charge in [0.25, 0.3) is 11.6 Å². The first-order valence-electron chi connectivity index (χ1n) is 10.5. The Kier molecular flexibility index (Phi) is 5.86. The molecule has 0 aliphatic carbocycles. The molecule has 2 amide bonds. The van der Waals surface area contributed by atoms with E-state index in [9.17, 15) is 29.6 Å². The second-order valence-electron chi connectivity index (χ2n) is 8.91. The molecule has 34 heavy (non-hydrogen) atoms. The van der Waals surface area contributed by atoms with Crippen LogP contribution in [-0.4, -0.2) is 55.6 Å². The lowest BCUT2D eigenvalue weighted by molar-refractivity contribution is -0.384. The summed E-state index contributed by atoms with van der Waals surface area (Å²) >= 11 is 1.27. The Labute approximate surface area is 198 Å². The number of hydrogen-bond donors (Lipinski definition) is 2. The molecule has 0 bridgehead atoms. The Morgan fingerprint density at radius 1 is 1.29 bits per heavy atom. The van der Waals surface area contributed by atoms with Crippen molar-refractivity contribution in [2.24, 2.45) is 0 Å². The molecule has 0 saturated carbocycles. The molecule has 1 fully saturated rings. The van der Waals surface area contributed by atoms with Gasteiger partial charge in [-0.2, -0.15) is 0 Å². The van der Waals surface area contributed by atoms with Crippen molar-refractivity contribution in [3.8, 4) is 10.6 Å². The number of nitrogens with zero attached hydrogens (tertiary/aromatic N) is 3. The van der Waals surface area contributed by atoms with Gasteiger partial charge >= 0.3 is 12.1 Å². The second-order valence-corrected chi connectivity index (χ2v) is 9.77. The predicted molar refractivity (Wildman–Crippen MR) is 122 cm³/mol. The summed E-state index contributed by atoms with van der Waals surface area (Å²) in [6.07, 6.45) is 0.0683. The number of thiazole rings is 1. The summed E-state index contributed by atoms with van der Waals surface area (Å²) in [6, 6.07) is 4.58. The predicted octanol–water partition coefficient (Wildman–Crippen LogP) is 3.41. The average Bonchev–Trinajstić information content (AvgIpc) is 3.25. The van der Waals surface area contributed by atoms with E-state index in [0.29, 0.717) is 34.7 Å². The van der Waals surface area contributed by atoms with Gasteiger partial charge in [0.2, 0.25) is 0 Å². The lowest BCUT2D eigenvalue weighted by Crippen LogP contribution is -2.71. The first-order valence-corrected chi connectivity index (χ1v) is 11.3. The van der Waals surface area contributed by atoms with Gasteiger partial charge in [-0.3, -0.25) is 19.8 Å². The lowest BCUT2D eigenvalue weighted by atomic mass is 9.83. The summed E-state index contributed by atoms with van der Waals surface area (Å²) in [5.74, 6) is -1.77. The number of nitro groups is 1. The molecule has 4 rings (SSSR count). The maximum absolute atomic E-state index is 12.8. The van der Waals surface area contributed by atoms with Crippen LogP contribution >= 0.6 is 11.3 Å². The number of carbonyl (C=O) groups excluding carboxylic acids is 2. The third-order valence-corrected chi connectivity index (χ3v) is 6.34. The number of aromatic nitrogens is 1. The molecule has 0 radical (unpaired) electrons. The fourth-order valence-electron chi connectivity index (χ4n) is 4.02. The third-order valence-electron chi connectivity index (χ3n) is 5.45. The van der Waals surface area contributed by atoms with Gasteiger partial charge in [-0.15, -0.1) is 11.3 Å². The maximum atomic E-state index is 12.8. The molecule has 1 aromatic heterocycles. The van der Waals surface area contributed by atoms with Gasteiger partial charge in [-0.05, 0) is 45.7 Å². The number of carboxylic acid groups (broad SMARTS) is 1. The number of fused-ring (bicyclic) bond motifs is 1. The zero-order chi connectivity index (χ0) is 24.8. The molecule has 2 aliphatic rings. The number of ether oxygens (including phenoxy) is 1. The number of benzene rings is 1. The van der Waals surface area contributed by atoms with Crippen LogP contribution in [0.3, 0.4) is 0 Å². The summed E-state index contributed by atoms with van der Waals surface area (Å²) in [4.78, 5) is 53.1. The highest BCUT2D eigenvalue weighted by Crippen LogP contribution is 2.41. The standard InChI is InChI=1S/C22H22N4O7S/c1-22(2,3)33-21(30)24-16-15-9-8-13(17(20(28)29)25(15)19(16)27)14-10-34-18(23-14)11-4-6-12(7-5-11)26(31)32/h4-7,10,15-16H,8-9H2,1-3H3,(H,24,30)(H,28,29)/t15-,16+/m1/s1. The van der Waals surface area contributed by atoms with E-state index >= 15 is 0 Å². The first-order chi connectivity index (χ1) is 16.0. The van der Waals surface area contributed by atoms with Gasteiger partial charge in [0.05, 0.1) is 16.7 Å². The van der Waals surface area contributed by atoms with E-state index in [1.807, 2.05) is 0 Å². The molecule has 1 saturated heterocycles. The minimum atomic E-state index is -1.26. The second kappa shape index (κ2) is 8.52. The van der Waals surface area contributed by atoms with E-state index in [0.717, 1.165) is 0 Å². The number of hydrogen-bond acceptors (Lipinski definition) is 8. The van der Waals surface area contributed by atoms with Gasteiger partial charge in [-0.25, -0.2) is 14.6 Å². The minimum Gasteiger partial charge on any atom is -0.477 e. The topological polar surface area (TPSA) is 152 Å². The number of carboxylic acids is 1. The van der Waals surface area contributed by atoms with Gasteiger partial charge < -0.3 is 15.2 Å². The van der Waals surface area contributed by atoms with E-state index in [1.165, 1.54) is 28.4 Å². The Morgan fingerprint density at radius 3 is 2.56 bits per heavy atom.